The Morgan fingerprint density at radius 3 is 2.51 bits per heavy atom. The number of fused-ring (bicyclic) bond motifs is 1. The molecule has 0 fully saturated rings. The Morgan fingerprint density at radius 1 is 0.971 bits per heavy atom. The summed E-state index contributed by atoms with van der Waals surface area (Å²) in [7, 11) is 0. The minimum atomic E-state index is -0.516. The van der Waals surface area contributed by atoms with Crippen LogP contribution >= 0.6 is 0 Å². The van der Waals surface area contributed by atoms with Gasteiger partial charge in [0.1, 0.15) is 5.82 Å². The molecule has 0 N–H and O–H groups in total. The molecule has 0 bridgehead atoms. The van der Waals surface area contributed by atoms with Gasteiger partial charge in [-0.25, -0.2) is 9.78 Å². The molecule has 0 saturated carbocycles. The first-order valence-corrected chi connectivity index (χ1v) is 11.4. The molecule has 176 valence electrons. The Bertz CT molecular complexity index is 1460. The van der Waals surface area contributed by atoms with Crippen molar-refractivity contribution < 1.29 is 14.3 Å². The zero-order valence-corrected chi connectivity index (χ0v) is 19.5. The maximum Gasteiger partial charge on any atom is 0.336 e. The second kappa shape index (κ2) is 11.1. The number of aryl methyl sites for hydroxylation is 1. The summed E-state index contributed by atoms with van der Waals surface area (Å²) in [5.74, 6) is 0.742. The van der Waals surface area contributed by atoms with Gasteiger partial charge in [-0.3, -0.25) is 4.79 Å². The van der Waals surface area contributed by atoms with Crippen molar-refractivity contribution in [3.05, 3.63) is 106 Å². The lowest BCUT2D eigenvalue weighted by molar-refractivity contribution is -0.129. The van der Waals surface area contributed by atoms with Crippen molar-refractivity contribution in [2.24, 2.45) is 5.10 Å². The monoisotopic (exact) mass is 467 g/mol. The largest absolute Gasteiger partial charge is 0.490 e. The zero-order valence-electron chi connectivity index (χ0n) is 19.5. The molecule has 7 nitrogen and oxygen atoms in total. The van der Waals surface area contributed by atoms with Gasteiger partial charge in [0.05, 0.1) is 23.7 Å². The van der Waals surface area contributed by atoms with Crippen molar-refractivity contribution in [3.63, 3.8) is 0 Å². The molecule has 0 saturated heterocycles. The number of nitrogens with zero attached hydrogens (tertiary/aromatic N) is 3. The number of benzene rings is 3. The molecule has 4 aromatic rings. The predicted molar refractivity (Wildman–Crippen MR) is 137 cm³/mol. The lowest BCUT2D eigenvalue weighted by atomic mass is 10.2. The van der Waals surface area contributed by atoms with Crippen molar-refractivity contribution in [2.75, 3.05) is 6.61 Å². The number of ether oxygens (including phenoxy) is 2. The molecular formula is C28H25N3O4. The van der Waals surface area contributed by atoms with Crippen LogP contribution < -0.4 is 15.0 Å². The van der Waals surface area contributed by atoms with Gasteiger partial charge in [-0.15, -0.1) is 0 Å². The topological polar surface area (TPSA) is 82.8 Å². The Kier molecular flexibility index (Phi) is 7.47. The highest BCUT2D eigenvalue weighted by Gasteiger charge is 2.11. The SMILES string of the molecule is CCOc1cc(C=Nn2c(CC)nc3ccccc3c2=O)ccc1OC(=O)/C=C/c1ccccc1. The summed E-state index contributed by atoms with van der Waals surface area (Å²) in [5, 5.41) is 4.90. The van der Waals surface area contributed by atoms with E-state index in [1.807, 2.05) is 56.3 Å². The average Bonchev–Trinajstić information content (AvgIpc) is 2.89. The molecule has 0 radical (unpaired) electrons. The van der Waals surface area contributed by atoms with Crippen molar-refractivity contribution >= 4 is 29.2 Å². The van der Waals surface area contributed by atoms with E-state index in [0.29, 0.717) is 46.8 Å². The van der Waals surface area contributed by atoms with Gasteiger partial charge in [0.2, 0.25) is 0 Å². The molecule has 0 amide bonds. The lowest BCUT2D eigenvalue weighted by Crippen LogP contribution is -2.22. The van der Waals surface area contributed by atoms with Crippen LogP contribution in [0.5, 0.6) is 11.5 Å². The summed E-state index contributed by atoms with van der Waals surface area (Å²) in [4.78, 5) is 29.8. The third-order valence-electron chi connectivity index (χ3n) is 5.15. The highest BCUT2D eigenvalue weighted by atomic mass is 16.6. The van der Waals surface area contributed by atoms with E-state index in [0.717, 1.165) is 5.56 Å². The third kappa shape index (κ3) is 5.70. The van der Waals surface area contributed by atoms with Crippen LogP contribution in [0, 0.1) is 0 Å². The van der Waals surface area contributed by atoms with Gasteiger partial charge in [0, 0.05) is 12.5 Å². The van der Waals surface area contributed by atoms with Gasteiger partial charge >= 0.3 is 5.97 Å². The second-order valence-corrected chi connectivity index (χ2v) is 7.56. The van der Waals surface area contributed by atoms with Gasteiger partial charge in [-0.2, -0.15) is 9.78 Å². The van der Waals surface area contributed by atoms with Crippen LogP contribution in [-0.2, 0) is 11.2 Å². The minimum Gasteiger partial charge on any atom is -0.490 e. The lowest BCUT2D eigenvalue weighted by Gasteiger charge is -2.11. The van der Waals surface area contributed by atoms with E-state index in [-0.39, 0.29) is 5.56 Å². The number of carbonyl (C=O) groups is 1. The molecule has 0 aliphatic heterocycles. The summed E-state index contributed by atoms with van der Waals surface area (Å²) in [5.41, 5.74) is 1.98. The van der Waals surface area contributed by atoms with Crippen LogP contribution in [0.3, 0.4) is 0 Å². The number of hydrogen-bond acceptors (Lipinski definition) is 6. The van der Waals surface area contributed by atoms with Crippen LogP contribution in [0.15, 0.2) is 88.8 Å². The number of rotatable bonds is 8. The van der Waals surface area contributed by atoms with Crippen LogP contribution in [0.2, 0.25) is 0 Å². The third-order valence-corrected chi connectivity index (χ3v) is 5.15. The predicted octanol–water partition coefficient (Wildman–Crippen LogP) is 4.86. The van der Waals surface area contributed by atoms with Crippen LogP contribution in [0.4, 0.5) is 0 Å². The number of esters is 1. The molecule has 4 rings (SSSR count). The average molecular weight is 468 g/mol. The smallest absolute Gasteiger partial charge is 0.336 e. The zero-order chi connectivity index (χ0) is 24.6. The molecule has 35 heavy (non-hydrogen) atoms. The first-order chi connectivity index (χ1) is 17.1. The number of carbonyl (C=O) groups excluding carboxylic acids is 1. The summed E-state index contributed by atoms with van der Waals surface area (Å²) in [6.45, 7) is 4.15. The van der Waals surface area contributed by atoms with Gasteiger partial charge in [0.15, 0.2) is 11.5 Å². The first-order valence-electron chi connectivity index (χ1n) is 11.4. The molecule has 0 aliphatic carbocycles. The van der Waals surface area contributed by atoms with Gasteiger partial charge in [-0.05, 0) is 54.5 Å². The minimum absolute atomic E-state index is 0.232. The molecule has 3 aromatic carbocycles. The molecule has 0 spiro atoms. The fourth-order valence-electron chi connectivity index (χ4n) is 3.47. The molecular weight excluding hydrogens is 442 g/mol. The summed E-state index contributed by atoms with van der Waals surface area (Å²) in [6, 6.07) is 21.8. The van der Waals surface area contributed by atoms with Crippen molar-refractivity contribution in [1.29, 1.82) is 0 Å². The van der Waals surface area contributed by atoms with E-state index in [1.165, 1.54) is 10.8 Å². The standard InChI is InChI=1S/C28H25N3O4/c1-3-26-30-23-13-9-8-12-22(23)28(33)31(26)29-19-21-14-16-24(25(18-21)34-4-2)35-27(32)17-15-20-10-6-5-7-11-20/h5-19H,3-4H2,1-2H3/b17-15+,29-19?. The summed E-state index contributed by atoms with van der Waals surface area (Å²) in [6.07, 6.45) is 5.16. The van der Waals surface area contributed by atoms with Crippen molar-refractivity contribution in [1.82, 2.24) is 9.66 Å². The highest BCUT2D eigenvalue weighted by Crippen LogP contribution is 2.28. The molecule has 0 atom stereocenters. The second-order valence-electron chi connectivity index (χ2n) is 7.56. The van der Waals surface area contributed by atoms with Crippen LogP contribution in [0.25, 0.3) is 17.0 Å². The van der Waals surface area contributed by atoms with Gasteiger partial charge < -0.3 is 9.47 Å². The van der Waals surface area contributed by atoms with Gasteiger partial charge in [-0.1, -0.05) is 49.4 Å². The molecule has 1 aromatic heterocycles. The Labute approximate surface area is 203 Å². The number of hydrogen-bond donors (Lipinski definition) is 0. The van der Waals surface area contributed by atoms with Crippen LogP contribution in [0.1, 0.15) is 30.8 Å². The fraction of sp³-hybridized carbons (Fsp3) is 0.143. The maximum absolute atomic E-state index is 13.0. The summed E-state index contributed by atoms with van der Waals surface area (Å²) >= 11 is 0. The fourth-order valence-corrected chi connectivity index (χ4v) is 3.47. The van der Waals surface area contributed by atoms with Crippen molar-refractivity contribution in [3.8, 4) is 11.5 Å². The van der Waals surface area contributed by atoms with E-state index in [1.54, 1.807) is 42.6 Å². The molecule has 0 unspecified atom stereocenters. The molecule has 1 heterocycles. The van der Waals surface area contributed by atoms with E-state index in [4.69, 9.17) is 9.47 Å². The molecule has 7 heteroatoms. The van der Waals surface area contributed by atoms with E-state index in [9.17, 15) is 9.59 Å². The van der Waals surface area contributed by atoms with Crippen LogP contribution in [-0.4, -0.2) is 28.5 Å². The number of aromatic nitrogens is 2. The normalized spacial score (nSPS) is 11.4. The first kappa shape index (κ1) is 23.6. The Hall–Kier alpha value is -4.52. The quantitative estimate of drug-likeness (QED) is 0.160. The summed E-state index contributed by atoms with van der Waals surface area (Å²) < 4.78 is 12.5. The van der Waals surface area contributed by atoms with Crippen molar-refractivity contribution in [2.45, 2.75) is 20.3 Å². The molecule has 0 aliphatic rings. The maximum atomic E-state index is 13.0. The Morgan fingerprint density at radius 2 is 1.74 bits per heavy atom. The van der Waals surface area contributed by atoms with E-state index < -0.39 is 5.97 Å². The Balaban J connectivity index is 1.58. The number of para-hydroxylation sites is 1. The highest BCUT2D eigenvalue weighted by molar-refractivity contribution is 5.89. The van der Waals surface area contributed by atoms with Gasteiger partial charge in [0.25, 0.3) is 5.56 Å². The van der Waals surface area contributed by atoms with E-state index >= 15 is 0 Å². The van der Waals surface area contributed by atoms with E-state index in [2.05, 4.69) is 10.1 Å².